The molecule has 1 fully saturated rings. The first-order valence-corrected chi connectivity index (χ1v) is 8.75. The Morgan fingerprint density at radius 1 is 0.958 bits per heavy atom. The Hall–Kier alpha value is -2.13. The second kappa shape index (κ2) is 10.6. The van der Waals surface area contributed by atoms with Crippen LogP contribution in [-0.2, 0) is 4.79 Å². The quantitative estimate of drug-likeness (QED) is 0.875. The second-order valence-corrected chi connectivity index (χ2v) is 5.77. The van der Waals surface area contributed by atoms with Gasteiger partial charge < -0.3 is 11.5 Å². The third-order valence-electron chi connectivity index (χ3n) is 3.74. The van der Waals surface area contributed by atoms with Gasteiger partial charge in [0.25, 0.3) is 0 Å². The molecule has 0 unspecified atom stereocenters. The highest BCUT2D eigenvalue weighted by Crippen LogP contribution is 2.40. The topological polar surface area (TPSA) is 69.1 Å². The summed E-state index contributed by atoms with van der Waals surface area (Å²) in [6.07, 6.45) is 3.05. The first kappa shape index (κ1) is 19.9. The summed E-state index contributed by atoms with van der Waals surface area (Å²) in [5, 5.41) is 0. The van der Waals surface area contributed by atoms with Crippen LogP contribution in [0.25, 0.3) is 11.1 Å². The summed E-state index contributed by atoms with van der Waals surface area (Å²) in [5.41, 5.74) is 15.1. The molecule has 1 aliphatic rings. The van der Waals surface area contributed by atoms with Gasteiger partial charge in [-0.2, -0.15) is 0 Å². The highest BCUT2D eigenvalue weighted by Gasteiger charge is 2.22. The molecule has 2 aromatic rings. The van der Waals surface area contributed by atoms with Gasteiger partial charge in [-0.3, -0.25) is 4.79 Å². The minimum Gasteiger partial charge on any atom is -0.370 e. The third-order valence-corrected chi connectivity index (χ3v) is 3.74. The highest BCUT2D eigenvalue weighted by molar-refractivity contribution is 5.73. The molecule has 3 nitrogen and oxygen atoms in total. The number of hydrogen-bond donors (Lipinski definition) is 2. The van der Waals surface area contributed by atoms with Crippen molar-refractivity contribution in [1.29, 1.82) is 0 Å². The molecule has 0 heterocycles. The van der Waals surface area contributed by atoms with Gasteiger partial charge in [-0.1, -0.05) is 67.9 Å². The van der Waals surface area contributed by atoms with Crippen LogP contribution < -0.4 is 11.5 Å². The lowest BCUT2D eigenvalue weighted by atomic mass is 10.0. The molecule has 0 radical (unpaired) electrons. The smallest absolute Gasteiger partial charge is 0.218 e. The van der Waals surface area contributed by atoms with E-state index in [9.17, 15) is 4.79 Å². The number of aryl methyl sites for hydroxylation is 1. The largest absolute Gasteiger partial charge is 0.370 e. The van der Waals surface area contributed by atoms with Crippen molar-refractivity contribution in [3.63, 3.8) is 0 Å². The summed E-state index contributed by atoms with van der Waals surface area (Å²) in [7, 11) is 0. The number of rotatable bonds is 4. The fraction of sp³-hybridized carbons (Fsp3) is 0.381. The van der Waals surface area contributed by atoms with E-state index in [0.29, 0.717) is 13.0 Å². The molecule has 3 heteroatoms. The lowest BCUT2D eigenvalue weighted by Crippen LogP contribution is -2.15. The zero-order valence-corrected chi connectivity index (χ0v) is 15.1. The minimum atomic E-state index is -0.336. The molecule has 0 saturated heterocycles. The predicted molar refractivity (Wildman–Crippen MR) is 103 cm³/mol. The van der Waals surface area contributed by atoms with Crippen molar-refractivity contribution in [2.45, 2.75) is 46.0 Å². The van der Waals surface area contributed by atoms with Crippen molar-refractivity contribution in [2.24, 2.45) is 11.5 Å². The molecule has 2 aromatic carbocycles. The van der Waals surface area contributed by atoms with Crippen LogP contribution in [0.4, 0.5) is 0 Å². The van der Waals surface area contributed by atoms with Gasteiger partial charge in [-0.25, -0.2) is 0 Å². The Labute approximate surface area is 146 Å². The van der Waals surface area contributed by atoms with Crippen LogP contribution in [0.1, 0.15) is 50.2 Å². The van der Waals surface area contributed by atoms with Gasteiger partial charge in [0.2, 0.25) is 5.91 Å². The van der Waals surface area contributed by atoms with E-state index in [1.54, 1.807) is 0 Å². The molecule has 130 valence electrons. The van der Waals surface area contributed by atoms with Crippen LogP contribution in [0.15, 0.2) is 48.5 Å². The zero-order chi connectivity index (χ0) is 17.9. The molecular weight excluding hydrogens is 296 g/mol. The number of primary amides is 1. The summed E-state index contributed by atoms with van der Waals surface area (Å²) in [6, 6.07) is 17.8. The molecule has 0 atom stereocenters. The molecule has 4 N–H and O–H groups in total. The van der Waals surface area contributed by atoms with Gasteiger partial charge in [-0.05, 0) is 42.4 Å². The lowest BCUT2D eigenvalue weighted by molar-refractivity contribution is -0.117. The van der Waals surface area contributed by atoms with E-state index >= 15 is 0 Å². The van der Waals surface area contributed by atoms with Gasteiger partial charge in [-0.15, -0.1) is 0 Å². The Kier molecular flexibility index (Phi) is 8.80. The van der Waals surface area contributed by atoms with Crippen molar-refractivity contribution in [2.75, 3.05) is 6.54 Å². The maximum atomic E-state index is 9.74. The Morgan fingerprint density at radius 3 is 1.75 bits per heavy atom. The first-order chi connectivity index (χ1) is 11.6. The summed E-state index contributed by atoms with van der Waals surface area (Å²) >= 11 is 0. The van der Waals surface area contributed by atoms with Crippen LogP contribution in [0, 0.1) is 6.92 Å². The van der Waals surface area contributed by atoms with E-state index in [1.165, 1.54) is 35.1 Å². The molecule has 0 aliphatic heterocycles. The summed E-state index contributed by atoms with van der Waals surface area (Å²) < 4.78 is 0. The fourth-order valence-corrected chi connectivity index (χ4v) is 2.25. The van der Waals surface area contributed by atoms with E-state index in [-0.39, 0.29) is 5.91 Å². The van der Waals surface area contributed by atoms with Gasteiger partial charge in [0.05, 0.1) is 0 Å². The van der Waals surface area contributed by atoms with Crippen molar-refractivity contribution >= 4 is 5.91 Å². The Balaban J connectivity index is 0.000000309. The van der Waals surface area contributed by atoms with Crippen LogP contribution in [0.2, 0.25) is 0 Å². The van der Waals surface area contributed by atoms with Crippen LogP contribution in [0.3, 0.4) is 0 Å². The van der Waals surface area contributed by atoms with E-state index < -0.39 is 0 Å². The molecule has 1 saturated carbocycles. The van der Waals surface area contributed by atoms with Gasteiger partial charge in [0.1, 0.15) is 0 Å². The van der Waals surface area contributed by atoms with E-state index in [0.717, 1.165) is 5.92 Å². The maximum Gasteiger partial charge on any atom is 0.218 e. The van der Waals surface area contributed by atoms with Crippen molar-refractivity contribution < 1.29 is 4.79 Å². The van der Waals surface area contributed by atoms with Gasteiger partial charge in [0.15, 0.2) is 0 Å². The number of carbonyl (C=O) groups excluding carboxylic acids is 1. The standard InChI is InChI=1S/C16H16.C3H8N2O.C2H6/c1-12-2-4-13(5-3-12)14-6-8-15(9-7-14)16-10-11-16;4-2-1-3(5)6;1-2/h2-9,16H,10-11H2,1H3;1-2,4H2,(H2,5,6);1-2H3. The molecule has 1 amide bonds. The number of amides is 1. The SMILES string of the molecule is CC.Cc1ccc(-c2ccc(C3CC3)cc2)cc1.NCCC(N)=O. The predicted octanol–water partition coefficient (Wildman–Crippen LogP) is 4.39. The van der Waals surface area contributed by atoms with Crippen molar-refractivity contribution in [1.82, 2.24) is 0 Å². The summed E-state index contributed by atoms with van der Waals surface area (Å²) in [5.74, 6) is 0.518. The molecule has 24 heavy (non-hydrogen) atoms. The molecular formula is C21H30N2O. The van der Waals surface area contributed by atoms with Crippen LogP contribution in [0.5, 0.6) is 0 Å². The first-order valence-electron chi connectivity index (χ1n) is 8.75. The van der Waals surface area contributed by atoms with E-state index in [1.807, 2.05) is 13.8 Å². The number of nitrogens with two attached hydrogens (primary N) is 2. The molecule has 0 bridgehead atoms. The monoisotopic (exact) mass is 326 g/mol. The summed E-state index contributed by atoms with van der Waals surface area (Å²) in [4.78, 5) is 9.74. The number of carbonyl (C=O) groups is 1. The number of hydrogen-bond acceptors (Lipinski definition) is 2. The fourth-order valence-electron chi connectivity index (χ4n) is 2.25. The van der Waals surface area contributed by atoms with E-state index in [2.05, 4.69) is 61.2 Å². The molecule has 0 spiro atoms. The molecule has 3 rings (SSSR count). The van der Waals surface area contributed by atoms with E-state index in [4.69, 9.17) is 5.73 Å². The van der Waals surface area contributed by atoms with Gasteiger partial charge >= 0.3 is 0 Å². The average Bonchev–Trinajstić information content (AvgIpc) is 3.43. The number of benzene rings is 2. The minimum absolute atomic E-state index is 0.292. The Bertz CT molecular complexity index is 599. The maximum absolute atomic E-state index is 9.74. The van der Waals surface area contributed by atoms with Gasteiger partial charge in [0, 0.05) is 13.0 Å². The highest BCUT2D eigenvalue weighted by atomic mass is 16.1. The summed E-state index contributed by atoms with van der Waals surface area (Å²) in [6.45, 7) is 6.48. The Morgan fingerprint density at radius 2 is 1.42 bits per heavy atom. The molecule has 1 aliphatic carbocycles. The van der Waals surface area contributed by atoms with Crippen molar-refractivity contribution in [3.05, 3.63) is 59.7 Å². The van der Waals surface area contributed by atoms with Crippen LogP contribution >= 0.6 is 0 Å². The van der Waals surface area contributed by atoms with Crippen LogP contribution in [-0.4, -0.2) is 12.5 Å². The second-order valence-electron chi connectivity index (χ2n) is 5.77. The normalized spacial score (nSPS) is 12.3. The van der Waals surface area contributed by atoms with Crippen molar-refractivity contribution in [3.8, 4) is 11.1 Å². The molecule has 0 aromatic heterocycles. The average molecular weight is 326 g/mol. The third kappa shape index (κ3) is 6.97. The zero-order valence-electron chi connectivity index (χ0n) is 15.1. The lowest BCUT2D eigenvalue weighted by Gasteiger charge is -2.04.